The second-order valence-electron chi connectivity index (χ2n) is 2.36. The number of nitrogens with one attached hydrogen (secondary N) is 1. The third kappa shape index (κ3) is 4.30. The molecule has 74 valence electrons. The highest BCUT2D eigenvalue weighted by atomic mass is 16.1. The molecule has 0 aliphatic carbocycles. The number of hydrogen-bond donors (Lipinski definition) is 1. The molecule has 0 bridgehead atoms. The van der Waals surface area contributed by atoms with Crippen molar-refractivity contribution in [2.45, 2.75) is 27.3 Å². The van der Waals surface area contributed by atoms with Gasteiger partial charge in [-0.15, -0.1) is 0 Å². The zero-order valence-corrected chi connectivity index (χ0v) is 8.66. The van der Waals surface area contributed by atoms with Gasteiger partial charge >= 0.3 is 0 Å². The summed E-state index contributed by atoms with van der Waals surface area (Å²) in [6.45, 7) is 5.99. The van der Waals surface area contributed by atoms with Crippen molar-refractivity contribution in [1.29, 1.82) is 0 Å². The van der Waals surface area contributed by atoms with Crippen molar-refractivity contribution >= 4 is 5.91 Å². The predicted octanol–water partition coefficient (Wildman–Crippen LogP) is 1.08. The highest BCUT2D eigenvalue weighted by Gasteiger charge is 1.97. The van der Waals surface area contributed by atoms with E-state index in [-0.39, 0.29) is 5.91 Å². The molecule has 1 aromatic heterocycles. The van der Waals surface area contributed by atoms with E-state index in [4.69, 9.17) is 0 Å². The van der Waals surface area contributed by atoms with Crippen LogP contribution in [0.4, 0.5) is 0 Å². The Balaban J connectivity index is 0.000000671. The van der Waals surface area contributed by atoms with Crippen LogP contribution in [0.1, 0.15) is 26.6 Å². The van der Waals surface area contributed by atoms with E-state index in [1.54, 1.807) is 6.20 Å². The molecular weight excluding hydrogens is 166 g/mol. The third-order valence-corrected chi connectivity index (χ3v) is 1.42. The van der Waals surface area contributed by atoms with Crippen LogP contribution in [0.5, 0.6) is 0 Å². The molecule has 1 amide bonds. The van der Waals surface area contributed by atoms with E-state index in [1.165, 1.54) is 6.92 Å². The lowest BCUT2D eigenvalue weighted by molar-refractivity contribution is -0.119. The second-order valence-corrected chi connectivity index (χ2v) is 2.36. The lowest BCUT2D eigenvalue weighted by atomic mass is 10.5. The zero-order chi connectivity index (χ0) is 10.3. The molecule has 4 nitrogen and oxygen atoms in total. The molecule has 13 heavy (non-hydrogen) atoms. The van der Waals surface area contributed by atoms with Gasteiger partial charge in [-0.3, -0.25) is 4.79 Å². The van der Waals surface area contributed by atoms with Crippen molar-refractivity contribution in [2.24, 2.45) is 7.05 Å². The summed E-state index contributed by atoms with van der Waals surface area (Å²) in [5, 5.41) is 2.67. The molecule has 0 aliphatic heterocycles. The van der Waals surface area contributed by atoms with Crippen LogP contribution < -0.4 is 5.32 Å². The molecule has 1 N–H and O–H groups in total. The van der Waals surface area contributed by atoms with Crippen molar-refractivity contribution in [3.63, 3.8) is 0 Å². The Morgan fingerprint density at radius 3 is 2.62 bits per heavy atom. The van der Waals surface area contributed by atoms with Crippen LogP contribution in [0.3, 0.4) is 0 Å². The maximum absolute atomic E-state index is 10.5. The van der Waals surface area contributed by atoms with Gasteiger partial charge in [0.15, 0.2) is 0 Å². The molecule has 4 heteroatoms. The van der Waals surface area contributed by atoms with Crippen molar-refractivity contribution in [3.05, 3.63) is 18.2 Å². The SMILES string of the molecule is CC.CC(=O)NCc1nccn1C. The van der Waals surface area contributed by atoms with E-state index in [0.29, 0.717) is 6.54 Å². The summed E-state index contributed by atoms with van der Waals surface area (Å²) in [6.07, 6.45) is 3.55. The van der Waals surface area contributed by atoms with E-state index >= 15 is 0 Å². The second kappa shape index (κ2) is 6.22. The number of aryl methyl sites for hydroxylation is 1. The number of amides is 1. The normalized spacial score (nSPS) is 8.62. The van der Waals surface area contributed by atoms with E-state index in [0.717, 1.165) is 5.82 Å². The summed E-state index contributed by atoms with van der Waals surface area (Å²) in [4.78, 5) is 14.5. The minimum atomic E-state index is -0.0343. The maximum Gasteiger partial charge on any atom is 0.217 e. The fourth-order valence-corrected chi connectivity index (χ4v) is 0.770. The first-order chi connectivity index (χ1) is 6.20. The van der Waals surface area contributed by atoms with Gasteiger partial charge in [0, 0.05) is 26.4 Å². The summed E-state index contributed by atoms with van der Waals surface area (Å²) < 4.78 is 1.87. The lowest BCUT2D eigenvalue weighted by Gasteiger charge is -2.00. The smallest absolute Gasteiger partial charge is 0.217 e. The summed E-state index contributed by atoms with van der Waals surface area (Å²) in [7, 11) is 1.89. The first kappa shape index (κ1) is 11.7. The van der Waals surface area contributed by atoms with Gasteiger partial charge < -0.3 is 9.88 Å². The average molecular weight is 183 g/mol. The standard InChI is InChI=1S/C7H11N3O.C2H6/c1-6(11)9-5-7-8-3-4-10(7)2;1-2/h3-4H,5H2,1-2H3,(H,9,11);1-2H3. The Morgan fingerprint density at radius 1 is 1.62 bits per heavy atom. The molecule has 0 unspecified atom stereocenters. The van der Waals surface area contributed by atoms with Gasteiger partial charge in [0.2, 0.25) is 5.91 Å². The minimum absolute atomic E-state index is 0.0343. The van der Waals surface area contributed by atoms with Gasteiger partial charge in [0.1, 0.15) is 5.82 Å². The summed E-state index contributed by atoms with van der Waals surface area (Å²) >= 11 is 0. The van der Waals surface area contributed by atoms with Gasteiger partial charge in [-0.25, -0.2) is 4.98 Å². The van der Waals surface area contributed by atoms with Gasteiger partial charge in [-0.2, -0.15) is 0 Å². The molecule has 0 aromatic carbocycles. The summed E-state index contributed by atoms with van der Waals surface area (Å²) in [5.41, 5.74) is 0. The fourth-order valence-electron chi connectivity index (χ4n) is 0.770. The predicted molar refractivity (Wildman–Crippen MR) is 52.1 cm³/mol. The Morgan fingerprint density at radius 2 is 2.23 bits per heavy atom. The molecule has 1 heterocycles. The highest BCUT2D eigenvalue weighted by molar-refractivity contribution is 5.72. The van der Waals surface area contributed by atoms with Crippen LogP contribution in [-0.4, -0.2) is 15.5 Å². The number of aromatic nitrogens is 2. The lowest BCUT2D eigenvalue weighted by Crippen LogP contribution is -2.20. The maximum atomic E-state index is 10.5. The number of hydrogen-bond acceptors (Lipinski definition) is 2. The molecule has 0 spiro atoms. The van der Waals surface area contributed by atoms with Gasteiger partial charge in [-0.05, 0) is 0 Å². The Labute approximate surface area is 79.0 Å². The van der Waals surface area contributed by atoms with E-state index in [9.17, 15) is 4.79 Å². The van der Waals surface area contributed by atoms with E-state index < -0.39 is 0 Å². The van der Waals surface area contributed by atoms with Crippen LogP contribution in [0.25, 0.3) is 0 Å². The molecule has 1 aromatic rings. The van der Waals surface area contributed by atoms with E-state index in [1.807, 2.05) is 31.7 Å². The first-order valence-corrected chi connectivity index (χ1v) is 4.41. The summed E-state index contributed by atoms with van der Waals surface area (Å²) in [5.74, 6) is 0.827. The first-order valence-electron chi connectivity index (χ1n) is 4.41. The number of nitrogens with zero attached hydrogens (tertiary/aromatic N) is 2. The minimum Gasteiger partial charge on any atom is -0.349 e. The molecule has 0 saturated heterocycles. The Kier molecular flexibility index (Phi) is 5.59. The average Bonchev–Trinajstić information content (AvgIpc) is 2.51. The third-order valence-electron chi connectivity index (χ3n) is 1.42. The molecular formula is C9H17N3O. The summed E-state index contributed by atoms with van der Waals surface area (Å²) in [6, 6.07) is 0. The van der Waals surface area contributed by atoms with Gasteiger partial charge in [-0.1, -0.05) is 13.8 Å². The quantitative estimate of drug-likeness (QED) is 0.745. The highest BCUT2D eigenvalue weighted by Crippen LogP contribution is 1.91. The zero-order valence-electron chi connectivity index (χ0n) is 8.66. The van der Waals surface area contributed by atoms with Crippen LogP contribution in [0.2, 0.25) is 0 Å². The van der Waals surface area contributed by atoms with Crippen molar-refractivity contribution in [1.82, 2.24) is 14.9 Å². The van der Waals surface area contributed by atoms with Crippen molar-refractivity contribution in [2.75, 3.05) is 0 Å². The monoisotopic (exact) mass is 183 g/mol. The molecule has 0 saturated carbocycles. The Hall–Kier alpha value is -1.32. The van der Waals surface area contributed by atoms with E-state index in [2.05, 4.69) is 10.3 Å². The van der Waals surface area contributed by atoms with Gasteiger partial charge in [0.05, 0.1) is 6.54 Å². The molecule has 1 rings (SSSR count). The molecule has 0 fully saturated rings. The molecule has 0 aliphatic rings. The number of carbonyl (C=O) groups is 1. The van der Waals surface area contributed by atoms with Crippen LogP contribution in [0, 0.1) is 0 Å². The van der Waals surface area contributed by atoms with Crippen LogP contribution >= 0.6 is 0 Å². The number of imidazole rings is 1. The number of rotatable bonds is 2. The molecule has 0 radical (unpaired) electrons. The topological polar surface area (TPSA) is 46.9 Å². The largest absolute Gasteiger partial charge is 0.349 e. The van der Waals surface area contributed by atoms with Crippen LogP contribution in [0.15, 0.2) is 12.4 Å². The van der Waals surface area contributed by atoms with Crippen molar-refractivity contribution in [3.8, 4) is 0 Å². The molecule has 0 atom stereocenters. The fraction of sp³-hybridized carbons (Fsp3) is 0.556. The number of carbonyl (C=O) groups excluding carboxylic acids is 1. The Bertz CT molecular complexity index is 255. The van der Waals surface area contributed by atoms with Crippen LogP contribution in [-0.2, 0) is 18.4 Å². The van der Waals surface area contributed by atoms with Gasteiger partial charge in [0.25, 0.3) is 0 Å². The van der Waals surface area contributed by atoms with Crippen molar-refractivity contribution < 1.29 is 4.79 Å².